The Morgan fingerprint density at radius 2 is 2.11 bits per heavy atom. The van der Waals surface area contributed by atoms with E-state index in [-0.39, 0.29) is 5.92 Å². The molecule has 104 valence electrons. The molecule has 2 aliphatic heterocycles. The molecule has 1 amide bonds. The van der Waals surface area contributed by atoms with E-state index in [1.165, 1.54) is 32.1 Å². The Kier molecular flexibility index (Phi) is 5.04. The van der Waals surface area contributed by atoms with Gasteiger partial charge in [-0.15, -0.1) is 0 Å². The Hall–Kier alpha value is -0.570. The Bertz CT molecular complexity index is 280. The fourth-order valence-electron chi connectivity index (χ4n) is 3.46. The van der Waals surface area contributed by atoms with Gasteiger partial charge in [-0.3, -0.25) is 4.79 Å². The molecular weight excluding hydrogens is 224 g/mol. The van der Waals surface area contributed by atoms with Gasteiger partial charge in [-0.05, 0) is 37.6 Å². The van der Waals surface area contributed by atoms with Crippen LogP contribution in [0.3, 0.4) is 0 Å². The summed E-state index contributed by atoms with van der Waals surface area (Å²) in [6.07, 6.45) is 6.35. The number of likely N-dealkylation sites (tertiary alicyclic amines) is 1. The predicted octanol–water partition coefficient (Wildman–Crippen LogP) is 2.27. The zero-order valence-electron chi connectivity index (χ0n) is 12.0. The standard InChI is InChI=1S/C15H28N2O/c1-3-5-13-6-4-8-17(9-7-13)15(18)14-11-16-10-12(14)2/h12-14,16H,3-11H2,1-2H3/t12-,13?,14-/m1/s1. The molecule has 3 heteroatoms. The lowest BCUT2D eigenvalue weighted by atomic mass is 9.95. The van der Waals surface area contributed by atoms with Gasteiger partial charge in [0.25, 0.3) is 0 Å². The van der Waals surface area contributed by atoms with Crippen molar-refractivity contribution in [1.82, 2.24) is 10.2 Å². The van der Waals surface area contributed by atoms with E-state index in [0.29, 0.717) is 11.8 Å². The maximum absolute atomic E-state index is 12.5. The van der Waals surface area contributed by atoms with Gasteiger partial charge in [0, 0.05) is 19.6 Å². The topological polar surface area (TPSA) is 32.3 Å². The molecule has 0 aromatic carbocycles. The highest BCUT2D eigenvalue weighted by Crippen LogP contribution is 2.25. The molecule has 0 bridgehead atoms. The Balaban J connectivity index is 1.87. The number of amides is 1. The highest BCUT2D eigenvalue weighted by molar-refractivity contribution is 5.79. The molecule has 0 radical (unpaired) electrons. The lowest BCUT2D eigenvalue weighted by Crippen LogP contribution is -2.39. The molecule has 18 heavy (non-hydrogen) atoms. The summed E-state index contributed by atoms with van der Waals surface area (Å²) in [6.45, 7) is 8.33. The molecule has 1 N–H and O–H groups in total. The first-order valence-electron chi connectivity index (χ1n) is 7.72. The number of nitrogens with one attached hydrogen (secondary N) is 1. The van der Waals surface area contributed by atoms with E-state index in [1.807, 2.05) is 0 Å². The number of carbonyl (C=O) groups excluding carboxylic acids is 1. The number of hydrogen-bond donors (Lipinski definition) is 1. The number of hydrogen-bond acceptors (Lipinski definition) is 2. The molecule has 0 aromatic rings. The summed E-state index contributed by atoms with van der Waals surface area (Å²) in [5, 5.41) is 3.34. The van der Waals surface area contributed by atoms with Crippen LogP contribution in [0.1, 0.15) is 46.0 Å². The highest BCUT2D eigenvalue weighted by atomic mass is 16.2. The van der Waals surface area contributed by atoms with Crippen LogP contribution in [0.4, 0.5) is 0 Å². The van der Waals surface area contributed by atoms with Crippen molar-refractivity contribution in [3.63, 3.8) is 0 Å². The largest absolute Gasteiger partial charge is 0.342 e. The molecule has 3 atom stereocenters. The van der Waals surface area contributed by atoms with Crippen LogP contribution in [0.2, 0.25) is 0 Å². The Labute approximate surface area is 111 Å². The minimum absolute atomic E-state index is 0.229. The van der Waals surface area contributed by atoms with E-state index in [0.717, 1.165) is 32.1 Å². The molecule has 2 saturated heterocycles. The summed E-state index contributed by atoms with van der Waals surface area (Å²) >= 11 is 0. The van der Waals surface area contributed by atoms with Crippen LogP contribution >= 0.6 is 0 Å². The summed E-state index contributed by atoms with van der Waals surface area (Å²) in [5.74, 6) is 2.00. The van der Waals surface area contributed by atoms with E-state index in [2.05, 4.69) is 24.1 Å². The number of nitrogens with zero attached hydrogens (tertiary/aromatic N) is 1. The maximum Gasteiger partial charge on any atom is 0.227 e. The van der Waals surface area contributed by atoms with Crippen molar-refractivity contribution in [1.29, 1.82) is 0 Å². The third-order valence-corrected chi connectivity index (χ3v) is 4.69. The molecule has 0 spiro atoms. The van der Waals surface area contributed by atoms with Gasteiger partial charge >= 0.3 is 0 Å². The summed E-state index contributed by atoms with van der Waals surface area (Å²) in [6, 6.07) is 0. The highest BCUT2D eigenvalue weighted by Gasteiger charge is 2.33. The van der Waals surface area contributed by atoms with Gasteiger partial charge < -0.3 is 10.2 Å². The average molecular weight is 252 g/mol. The van der Waals surface area contributed by atoms with Crippen molar-refractivity contribution in [2.75, 3.05) is 26.2 Å². The van der Waals surface area contributed by atoms with Gasteiger partial charge in [-0.25, -0.2) is 0 Å². The van der Waals surface area contributed by atoms with Crippen LogP contribution < -0.4 is 5.32 Å². The SMILES string of the molecule is CCCC1CCCN(C(=O)[C@@H]2CNC[C@H]2C)CC1. The van der Waals surface area contributed by atoms with E-state index >= 15 is 0 Å². The van der Waals surface area contributed by atoms with Crippen molar-refractivity contribution in [3.8, 4) is 0 Å². The van der Waals surface area contributed by atoms with Crippen molar-refractivity contribution in [3.05, 3.63) is 0 Å². The molecular formula is C15H28N2O. The Morgan fingerprint density at radius 1 is 1.28 bits per heavy atom. The van der Waals surface area contributed by atoms with Gasteiger partial charge in [0.15, 0.2) is 0 Å². The minimum Gasteiger partial charge on any atom is -0.342 e. The van der Waals surface area contributed by atoms with Crippen LogP contribution in [0.25, 0.3) is 0 Å². The summed E-state index contributed by atoms with van der Waals surface area (Å²) in [7, 11) is 0. The second-order valence-electron chi connectivity index (χ2n) is 6.15. The van der Waals surface area contributed by atoms with Crippen molar-refractivity contribution < 1.29 is 4.79 Å². The van der Waals surface area contributed by atoms with Gasteiger partial charge in [-0.2, -0.15) is 0 Å². The number of rotatable bonds is 3. The second-order valence-corrected chi connectivity index (χ2v) is 6.15. The molecule has 1 unspecified atom stereocenters. The maximum atomic E-state index is 12.5. The monoisotopic (exact) mass is 252 g/mol. The van der Waals surface area contributed by atoms with Crippen LogP contribution in [-0.4, -0.2) is 37.0 Å². The van der Waals surface area contributed by atoms with Crippen LogP contribution in [-0.2, 0) is 4.79 Å². The molecule has 3 nitrogen and oxygen atoms in total. The van der Waals surface area contributed by atoms with E-state index in [9.17, 15) is 4.79 Å². The van der Waals surface area contributed by atoms with Gasteiger partial charge in [0.05, 0.1) is 5.92 Å². The Morgan fingerprint density at radius 3 is 2.78 bits per heavy atom. The van der Waals surface area contributed by atoms with Gasteiger partial charge in [-0.1, -0.05) is 26.7 Å². The first kappa shape index (κ1) is 13.9. The molecule has 2 rings (SSSR count). The van der Waals surface area contributed by atoms with Crippen LogP contribution in [0, 0.1) is 17.8 Å². The second kappa shape index (κ2) is 6.55. The van der Waals surface area contributed by atoms with Crippen molar-refractivity contribution in [2.24, 2.45) is 17.8 Å². The summed E-state index contributed by atoms with van der Waals surface area (Å²) < 4.78 is 0. The average Bonchev–Trinajstić information content (AvgIpc) is 2.64. The normalized spacial score (nSPS) is 33.4. The van der Waals surface area contributed by atoms with Crippen molar-refractivity contribution >= 4 is 5.91 Å². The van der Waals surface area contributed by atoms with Crippen LogP contribution in [0.5, 0.6) is 0 Å². The van der Waals surface area contributed by atoms with Gasteiger partial charge in [0.2, 0.25) is 5.91 Å². The number of carbonyl (C=O) groups is 1. The summed E-state index contributed by atoms with van der Waals surface area (Å²) in [4.78, 5) is 14.7. The zero-order chi connectivity index (χ0) is 13.0. The fourth-order valence-corrected chi connectivity index (χ4v) is 3.46. The van der Waals surface area contributed by atoms with E-state index in [1.54, 1.807) is 0 Å². The van der Waals surface area contributed by atoms with Crippen molar-refractivity contribution in [2.45, 2.75) is 46.0 Å². The zero-order valence-corrected chi connectivity index (χ0v) is 12.0. The molecule has 2 aliphatic rings. The third kappa shape index (κ3) is 3.25. The van der Waals surface area contributed by atoms with E-state index in [4.69, 9.17) is 0 Å². The fraction of sp³-hybridized carbons (Fsp3) is 0.933. The predicted molar refractivity (Wildman–Crippen MR) is 74.4 cm³/mol. The molecule has 2 fully saturated rings. The smallest absolute Gasteiger partial charge is 0.227 e. The molecule has 0 aliphatic carbocycles. The lowest BCUT2D eigenvalue weighted by Gasteiger charge is -2.25. The minimum atomic E-state index is 0.229. The first-order chi connectivity index (χ1) is 8.72. The van der Waals surface area contributed by atoms with Gasteiger partial charge in [0.1, 0.15) is 0 Å². The molecule has 0 saturated carbocycles. The molecule has 2 heterocycles. The quantitative estimate of drug-likeness (QED) is 0.835. The van der Waals surface area contributed by atoms with E-state index < -0.39 is 0 Å². The lowest BCUT2D eigenvalue weighted by molar-refractivity contribution is -0.135. The third-order valence-electron chi connectivity index (χ3n) is 4.69. The summed E-state index contributed by atoms with van der Waals surface area (Å²) in [5.41, 5.74) is 0. The first-order valence-corrected chi connectivity index (χ1v) is 7.72. The molecule has 0 aromatic heterocycles. The van der Waals surface area contributed by atoms with Crippen LogP contribution in [0.15, 0.2) is 0 Å².